The number of benzene rings is 3. The molecule has 1 fully saturated rings. The van der Waals surface area contributed by atoms with Gasteiger partial charge < -0.3 is 10.2 Å². The molecule has 160 valence electrons. The van der Waals surface area contributed by atoms with Crippen LogP contribution < -0.4 is 5.32 Å². The molecule has 1 saturated heterocycles. The molecule has 1 N–H and O–H groups in total. The van der Waals surface area contributed by atoms with E-state index in [1.807, 2.05) is 42.5 Å². The van der Waals surface area contributed by atoms with Crippen molar-refractivity contribution in [3.05, 3.63) is 83.4 Å². The maximum Gasteiger partial charge on any atom is 0.254 e. The van der Waals surface area contributed by atoms with Crippen LogP contribution in [0.5, 0.6) is 0 Å². The highest BCUT2D eigenvalue weighted by atomic mass is 19.2. The molecule has 1 aliphatic rings. The SMILES string of the molecule is CC(NC(=O)C1CCCN(C(=O)c2cccc3ccccc23)C1)c1ccc(F)c(F)c1. The van der Waals surface area contributed by atoms with E-state index in [-0.39, 0.29) is 17.7 Å². The molecule has 0 saturated carbocycles. The fourth-order valence-corrected chi connectivity index (χ4v) is 4.15. The second-order valence-electron chi connectivity index (χ2n) is 8.02. The number of hydrogen-bond acceptors (Lipinski definition) is 2. The summed E-state index contributed by atoms with van der Waals surface area (Å²) in [7, 11) is 0. The average Bonchev–Trinajstić information content (AvgIpc) is 2.80. The predicted octanol–water partition coefficient (Wildman–Crippen LogP) is 4.85. The monoisotopic (exact) mass is 422 g/mol. The van der Waals surface area contributed by atoms with Gasteiger partial charge in [0.1, 0.15) is 0 Å². The number of halogens is 2. The zero-order chi connectivity index (χ0) is 22.0. The van der Waals surface area contributed by atoms with Crippen LogP contribution in [0, 0.1) is 17.6 Å². The highest BCUT2D eigenvalue weighted by Crippen LogP contribution is 2.24. The van der Waals surface area contributed by atoms with Gasteiger partial charge >= 0.3 is 0 Å². The molecule has 1 heterocycles. The zero-order valence-corrected chi connectivity index (χ0v) is 17.3. The fraction of sp³-hybridized carbons (Fsp3) is 0.280. The van der Waals surface area contributed by atoms with Gasteiger partial charge in [-0.25, -0.2) is 8.78 Å². The lowest BCUT2D eigenvalue weighted by molar-refractivity contribution is -0.127. The van der Waals surface area contributed by atoms with Gasteiger partial charge in [0.05, 0.1) is 12.0 Å². The van der Waals surface area contributed by atoms with Crippen molar-refractivity contribution < 1.29 is 18.4 Å². The third-order valence-electron chi connectivity index (χ3n) is 5.90. The number of piperidine rings is 1. The van der Waals surface area contributed by atoms with Gasteiger partial charge in [0, 0.05) is 18.7 Å². The Morgan fingerprint density at radius 3 is 2.61 bits per heavy atom. The summed E-state index contributed by atoms with van der Waals surface area (Å²) in [6.07, 6.45) is 1.41. The van der Waals surface area contributed by atoms with Crippen LogP contribution >= 0.6 is 0 Å². The van der Waals surface area contributed by atoms with Gasteiger partial charge in [-0.2, -0.15) is 0 Å². The van der Waals surface area contributed by atoms with Gasteiger partial charge in [0.15, 0.2) is 11.6 Å². The molecule has 0 aromatic heterocycles. The van der Waals surface area contributed by atoms with Gasteiger partial charge in [-0.3, -0.25) is 9.59 Å². The standard InChI is InChI=1S/C25H24F2N2O2/c1-16(18-11-12-22(26)23(27)14-18)28-24(30)19-8-5-13-29(15-19)25(31)21-10-4-7-17-6-2-3-9-20(17)21/h2-4,6-7,9-12,14,16,19H,5,8,13,15H2,1H3,(H,28,30). The van der Waals surface area contributed by atoms with Gasteiger partial charge in [0.25, 0.3) is 5.91 Å². The number of carbonyl (C=O) groups is 2. The maximum atomic E-state index is 13.5. The lowest BCUT2D eigenvalue weighted by atomic mass is 9.95. The van der Waals surface area contributed by atoms with Crippen LogP contribution in [0.1, 0.15) is 41.7 Å². The molecule has 1 aliphatic heterocycles. The summed E-state index contributed by atoms with van der Waals surface area (Å²) in [6, 6.07) is 16.5. The number of nitrogens with one attached hydrogen (secondary N) is 1. The molecule has 2 atom stereocenters. The average molecular weight is 422 g/mol. The van der Waals surface area contributed by atoms with Crippen LogP contribution in [-0.4, -0.2) is 29.8 Å². The highest BCUT2D eigenvalue weighted by molar-refractivity contribution is 6.07. The number of amides is 2. The Labute approximate surface area is 179 Å². The molecule has 6 heteroatoms. The Hall–Kier alpha value is -3.28. The van der Waals surface area contributed by atoms with Crippen LogP contribution in [0.15, 0.2) is 60.7 Å². The van der Waals surface area contributed by atoms with E-state index in [0.717, 1.165) is 29.3 Å². The minimum atomic E-state index is -0.942. The van der Waals surface area contributed by atoms with E-state index in [0.29, 0.717) is 30.6 Å². The van der Waals surface area contributed by atoms with Crippen LogP contribution in [0.2, 0.25) is 0 Å². The number of nitrogens with zero attached hydrogens (tertiary/aromatic N) is 1. The molecule has 3 aromatic carbocycles. The summed E-state index contributed by atoms with van der Waals surface area (Å²) < 4.78 is 26.7. The second kappa shape index (κ2) is 8.84. The highest BCUT2D eigenvalue weighted by Gasteiger charge is 2.30. The number of fused-ring (bicyclic) bond motifs is 1. The van der Waals surface area contributed by atoms with Crippen molar-refractivity contribution in [1.29, 1.82) is 0 Å². The first kappa shape index (κ1) is 21.0. The fourth-order valence-electron chi connectivity index (χ4n) is 4.15. The van der Waals surface area contributed by atoms with Crippen molar-refractivity contribution in [2.75, 3.05) is 13.1 Å². The normalized spacial score (nSPS) is 17.4. The van der Waals surface area contributed by atoms with Crippen LogP contribution in [0.4, 0.5) is 8.78 Å². The predicted molar refractivity (Wildman–Crippen MR) is 115 cm³/mol. The summed E-state index contributed by atoms with van der Waals surface area (Å²) in [5.74, 6) is -2.48. The number of carbonyl (C=O) groups excluding carboxylic acids is 2. The van der Waals surface area contributed by atoms with Gasteiger partial charge in [-0.05, 0) is 54.3 Å². The zero-order valence-electron chi connectivity index (χ0n) is 17.3. The lowest BCUT2D eigenvalue weighted by Crippen LogP contribution is -2.45. The molecule has 0 radical (unpaired) electrons. The Kier molecular flexibility index (Phi) is 5.98. The van der Waals surface area contributed by atoms with Gasteiger partial charge in [0.2, 0.25) is 5.91 Å². The van der Waals surface area contributed by atoms with Gasteiger partial charge in [-0.15, -0.1) is 0 Å². The summed E-state index contributed by atoms with van der Waals surface area (Å²) in [4.78, 5) is 27.8. The third-order valence-corrected chi connectivity index (χ3v) is 5.90. The smallest absolute Gasteiger partial charge is 0.254 e. The minimum absolute atomic E-state index is 0.0806. The summed E-state index contributed by atoms with van der Waals surface area (Å²) in [5.41, 5.74) is 1.13. The minimum Gasteiger partial charge on any atom is -0.349 e. The van der Waals surface area contributed by atoms with Gasteiger partial charge in [-0.1, -0.05) is 42.5 Å². The summed E-state index contributed by atoms with van der Waals surface area (Å²) in [6.45, 7) is 2.66. The Bertz CT molecular complexity index is 1130. The number of hydrogen-bond donors (Lipinski definition) is 1. The van der Waals surface area contributed by atoms with Crippen molar-refractivity contribution in [3.63, 3.8) is 0 Å². The lowest BCUT2D eigenvalue weighted by Gasteiger charge is -2.33. The van der Waals surface area contributed by atoms with Crippen molar-refractivity contribution in [3.8, 4) is 0 Å². The first-order valence-electron chi connectivity index (χ1n) is 10.5. The molecule has 0 spiro atoms. The molecule has 0 aliphatic carbocycles. The number of likely N-dealkylation sites (tertiary alicyclic amines) is 1. The number of rotatable bonds is 4. The van der Waals surface area contributed by atoms with Crippen molar-refractivity contribution in [1.82, 2.24) is 10.2 Å². The Morgan fingerprint density at radius 2 is 1.81 bits per heavy atom. The van der Waals surface area contributed by atoms with E-state index in [2.05, 4.69) is 5.32 Å². The topological polar surface area (TPSA) is 49.4 Å². The van der Waals surface area contributed by atoms with E-state index in [9.17, 15) is 18.4 Å². The first-order valence-corrected chi connectivity index (χ1v) is 10.5. The molecular formula is C25H24F2N2O2. The van der Waals surface area contributed by atoms with Crippen molar-refractivity contribution in [2.45, 2.75) is 25.8 Å². The molecule has 4 rings (SSSR count). The first-order chi connectivity index (χ1) is 14.9. The quantitative estimate of drug-likeness (QED) is 0.654. The van der Waals surface area contributed by atoms with Crippen LogP contribution in [0.3, 0.4) is 0 Å². The van der Waals surface area contributed by atoms with E-state index in [4.69, 9.17) is 0 Å². The molecule has 31 heavy (non-hydrogen) atoms. The molecule has 2 amide bonds. The van der Waals surface area contributed by atoms with Crippen molar-refractivity contribution in [2.24, 2.45) is 5.92 Å². The van der Waals surface area contributed by atoms with E-state index < -0.39 is 17.7 Å². The molecule has 4 nitrogen and oxygen atoms in total. The Morgan fingerprint density at radius 1 is 1.03 bits per heavy atom. The van der Waals surface area contributed by atoms with E-state index >= 15 is 0 Å². The second-order valence-corrected chi connectivity index (χ2v) is 8.02. The molecule has 3 aromatic rings. The maximum absolute atomic E-state index is 13.5. The largest absolute Gasteiger partial charge is 0.349 e. The molecule has 0 bridgehead atoms. The van der Waals surface area contributed by atoms with E-state index in [1.165, 1.54) is 6.07 Å². The van der Waals surface area contributed by atoms with Crippen molar-refractivity contribution >= 4 is 22.6 Å². The molecular weight excluding hydrogens is 398 g/mol. The van der Waals surface area contributed by atoms with E-state index in [1.54, 1.807) is 11.8 Å². The summed E-state index contributed by atoms with van der Waals surface area (Å²) >= 11 is 0. The molecule has 2 unspecified atom stereocenters. The van der Waals surface area contributed by atoms with Crippen LogP contribution in [0.25, 0.3) is 10.8 Å². The summed E-state index contributed by atoms with van der Waals surface area (Å²) in [5, 5.41) is 4.77. The third kappa shape index (κ3) is 4.43. The Balaban J connectivity index is 1.45. The van der Waals surface area contributed by atoms with Crippen LogP contribution in [-0.2, 0) is 4.79 Å².